The zero-order chi connectivity index (χ0) is 30.4. The van der Waals surface area contributed by atoms with Gasteiger partial charge in [0.05, 0.1) is 11.3 Å². The van der Waals surface area contributed by atoms with E-state index >= 15 is 0 Å². The SMILES string of the molecule is NC(=O)c1cccc(-c2cc(F)ccc2C(=O)Nc2c(Br)cc(C(F)(C(F)(F)F)C(F)(F)F)cc2C(F)(F)F)c1. The Morgan fingerprint density at radius 3 is 1.93 bits per heavy atom. The number of halogens is 12. The fourth-order valence-corrected chi connectivity index (χ4v) is 4.18. The van der Waals surface area contributed by atoms with Crippen LogP contribution < -0.4 is 11.1 Å². The molecule has 0 aliphatic rings. The molecule has 0 saturated heterocycles. The monoisotopic (exact) mass is 648 g/mol. The largest absolute Gasteiger partial charge is 0.435 e. The van der Waals surface area contributed by atoms with E-state index in [1.54, 1.807) is 5.32 Å². The highest BCUT2D eigenvalue weighted by molar-refractivity contribution is 9.10. The molecule has 40 heavy (non-hydrogen) atoms. The van der Waals surface area contributed by atoms with Crippen LogP contribution in [0.5, 0.6) is 0 Å². The number of anilines is 1. The van der Waals surface area contributed by atoms with Crippen molar-refractivity contribution in [1.29, 1.82) is 0 Å². The second-order valence-electron chi connectivity index (χ2n) is 8.12. The van der Waals surface area contributed by atoms with Gasteiger partial charge in [0.1, 0.15) is 5.82 Å². The Kier molecular flexibility index (Phi) is 8.00. The van der Waals surface area contributed by atoms with E-state index in [2.05, 4.69) is 15.9 Å². The molecule has 0 aliphatic heterocycles. The zero-order valence-electron chi connectivity index (χ0n) is 19.1. The molecule has 0 aliphatic carbocycles. The number of carbonyl (C=O) groups is 2. The van der Waals surface area contributed by atoms with Crippen LogP contribution in [0.25, 0.3) is 11.1 Å². The highest BCUT2D eigenvalue weighted by Gasteiger charge is 2.73. The van der Waals surface area contributed by atoms with Crippen molar-refractivity contribution in [3.8, 4) is 11.1 Å². The van der Waals surface area contributed by atoms with Crippen molar-refractivity contribution in [2.24, 2.45) is 5.73 Å². The molecule has 16 heteroatoms. The first-order valence-electron chi connectivity index (χ1n) is 10.4. The second-order valence-corrected chi connectivity index (χ2v) is 8.98. The van der Waals surface area contributed by atoms with E-state index in [9.17, 15) is 57.9 Å². The quantitative estimate of drug-likeness (QED) is 0.276. The number of nitrogens with one attached hydrogen (secondary N) is 1. The minimum absolute atomic E-state index is 0.00368. The molecule has 0 spiro atoms. The van der Waals surface area contributed by atoms with Crippen LogP contribution in [0.3, 0.4) is 0 Å². The maximum Gasteiger partial charge on any atom is 0.435 e. The molecule has 0 heterocycles. The first kappa shape index (κ1) is 30.8. The Balaban J connectivity index is 2.19. The Morgan fingerprint density at radius 2 is 1.40 bits per heavy atom. The summed E-state index contributed by atoms with van der Waals surface area (Å²) in [5.74, 6) is -3.25. The standard InChI is InChI=1S/C24H12BrF11N2O2/c25-17-8-12(21(27,23(31,32)33)24(34,35)36)7-16(22(28,29)30)18(17)38-20(40)14-5-4-13(26)9-15(14)10-2-1-3-11(6-10)19(37)39/h1-9H,(H2,37,39)(H,38,40). The molecule has 0 radical (unpaired) electrons. The van der Waals surface area contributed by atoms with Gasteiger partial charge in [0.15, 0.2) is 0 Å². The molecule has 0 aromatic heterocycles. The molecule has 0 atom stereocenters. The number of hydrogen-bond donors (Lipinski definition) is 2. The second kappa shape index (κ2) is 10.4. The zero-order valence-corrected chi connectivity index (χ0v) is 20.7. The van der Waals surface area contributed by atoms with Gasteiger partial charge >= 0.3 is 24.2 Å². The van der Waals surface area contributed by atoms with Gasteiger partial charge in [0.2, 0.25) is 5.91 Å². The summed E-state index contributed by atoms with van der Waals surface area (Å²) in [5, 5.41) is 1.72. The lowest BCUT2D eigenvalue weighted by Gasteiger charge is -2.31. The molecular weight excluding hydrogens is 637 g/mol. The fourth-order valence-electron chi connectivity index (χ4n) is 3.62. The van der Waals surface area contributed by atoms with Crippen LogP contribution in [-0.2, 0) is 11.8 Å². The van der Waals surface area contributed by atoms with E-state index < -0.39 is 74.7 Å². The molecule has 214 valence electrons. The summed E-state index contributed by atoms with van der Waals surface area (Å²) in [6.45, 7) is 0. The van der Waals surface area contributed by atoms with E-state index in [4.69, 9.17) is 5.73 Å². The van der Waals surface area contributed by atoms with Crippen molar-refractivity contribution in [1.82, 2.24) is 0 Å². The van der Waals surface area contributed by atoms with Crippen molar-refractivity contribution in [2.75, 3.05) is 5.32 Å². The molecule has 3 aromatic rings. The molecule has 3 N–H and O–H groups in total. The number of primary amides is 1. The summed E-state index contributed by atoms with van der Waals surface area (Å²) < 4.78 is 148. The van der Waals surface area contributed by atoms with Gasteiger partial charge in [0, 0.05) is 21.2 Å². The van der Waals surface area contributed by atoms with Crippen LogP contribution in [0.1, 0.15) is 31.8 Å². The van der Waals surface area contributed by atoms with Crippen molar-refractivity contribution >= 4 is 33.4 Å². The van der Waals surface area contributed by atoms with Gasteiger partial charge in [-0.1, -0.05) is 12.1 Å². The van der Waals surface area contributed by atoms with E-state index in [1.165, 1.54) is 18.2 Å². The van der Waals surface area contributed by atoms with E-state index in [-0.39, 0.29) is 22.8 Å². The highest BCUT2D eigenvalue weighted by Crippen LogP contribution is 2.55. The van der Waals surface area contributed by atoms with Crippen LogP contribution >= 0.6 is 15.9 Å². The average Bonchev–Trinajstić information content (AvgIpc) is 2.82. The predicted molar refractivity (Wildman–Crippen MR) is 122 cm³/mol. The Hall–Kier alpha value is -3.69. The van der Waals surface area contributed by atoms with Crippen molar-refractivity contribution < 1.29 is 57.9 Å². The van der Waals surface area contributed by atoms with Gasteiger partial charge in [-0.15, -0.1) is 0 Å². The van der Waals surface area contributed by atoms with Gasteiger partial charge in [0.25, 0.3) is 5.91 Å². The van der Waals surface area contributed by atoms with Gasteiger partial charge in [-0.3, -0.25) is 9.59 Å². The number of alkyl halides is 10. The maximum absolute atomic E-state index is 14.5. The van der Waals surface area contributed by atoms with Crippen molar-refractivity contribution in [3.05, 3.63) is 87.1 Å². The highest BCUT2D eigenvalue weighted by atomic mass is 79.9. The van der Waals surface area contributed by atoms with Gasteiger partial charge in [-0.05, 0) is 69.5 Å². The topological polar surface area (TPSA) is 72.2 Å². The van der Waals surface area contributed by atoms with Crippen LogP contribution in [0.2, 0.25) is 0 Å². The minimum atomic E-state index is -6.71. The molecule has 0 fully saturated rings. The van der Waals surface area contributed by atoms with Crippen LogP contribution in [0, 0.1) is 5.82 Å². The summed E-state index contributed by atoms with van der Waals surface area (Å²) in [5.41, 5.74) is -7.92. The van der Waals surface area contributed by atoms with Crippen LogP contribution in [-0.4, -0.2) is 24.2 Å². The molecule has 0 unspecified atom stereocenters. The Labute approximate surface area is 225 Å². The Bertz CT molecular complexity index is 1470. The summed E-state index contributed by atoms with van der Waals surface area (Å²) in [6.07, 6.45) is -19.1. The average molecular weight is 649 g/mol. The van der Waals surface area contributed by atoms with Crippen LogP contribution in [0.4, 0.5) is 54.0 Å². The number of amides is 2. The third kappa shape index (κ3) is 5.76. The van der Waals surface area contributed by atoms with Gasteiger partial charge in [-0.2, -0.15) is 39.5 Å². The number of rotatable bonds is 5. The third-order valence-electron chi connectivity index (χ3n) is 5.50. The lowest BCUT2D eigenvalue weighted by molar-refractivity contribution is -0.348. The molecular formula is C24H12BrF11N2O2. The van der Waals surface area contributed by atoms with Crippen LogP contribution in [0.15, 0.2) is 59.1 Å². The number of nitrogens with two attached hydrogens (primary N) is 1. The number of hydrogen-bond acceptors (Lipinski definition) is 2. The third-order valence-corrected chi connectivity index (χ3v) is 6.12. The molecule has 3 rings (SSSR count). The number of carbonyl (C=O) groups excluding carboxylic acids is 2. The van der Waals surface area contributed by atoms with Crippen molar-refractivity contribution in [3.63, 3.8) is 0 Å². The predicted octanol–water partition coefficient (Wildman–Crippen LogP) is 7.91. The van der Waals surface area contributed by atoms with E-state index in [1.807, 2.05) is 0 Å². The normalized spacial score (nSPS) is 12.8. The summed E-state index contributed by atoms with van der Waals surface area (Å²) in [6, 6.07) is 6.41. The minimum Gasteiger partial charge on any atom is -0.366 e. The molecule has 3 aromatic carbocycles. The van der Waals surface area contributed by atoms with Crippen molar-refractivity contribution in [2.45, 2.75) is 24.2 Å². The molecule has 4 nitrogen and oxygen atoms in total. The first-order valence-corrected chi connectivity index (χ1v) is 11.2. The van der Waals surface area contributed by atoms with E-state index in [0.717, 1.165) is 24.3 Å². The Morgan fingerprint density at radius 1 is 0.800 bits per heavy atom. The fraction of sp³-hybridized carbons (Fsp3) is 0.167. The van der Waals surface area contributed by atoms with E-state index in [0.29, 0.717) is 0 Å². The summed E-state index contributed by atoms with van der Waals surface area (Å²) in [4.78, 5) is 24.5. The van der Waals surface area contributed by atoms with Gasteiger partial charge in [-0.25, -0.2) is 8.78 Å². The lowest BCUT2D eigenvalue weighted by Crippen LogP contribution is -2.50. The molecule has 0 saturated carbocycles. The first-order chi connectivity index (χ1) is 18.2. The molecule has 0 bridgehead atoms. The maximum atomic E-state index is 14.5. The van der Waals surface area contributed by atoms with Gasteiger partial charge < -0.3 is 11.1 Å². The lowest BCUT2D eigenvalue weighted by atomic mass is 9.91. The number of benzene rings is 3. The smallest absolute Gasteiger partial charge is 0.366 e. The molecule has 2 amide bonds. The summed E-state index contributed by atoms with van der Waals surface area (Å²) >= 11 is 2.39. The summed E-state index contributed by atoms with van der Waals surface area (Å²) in [7, 11) is 0.